The van der Waals surface area contributed by atoms with E-state index in [1.807, 2.05) is 0 Å². The second kappa shape index (κ2) is 52.6. The summed E-state index contributed by atoms with van der Waals surface area (Å²) in [7, 11) is 0. The molecule has 0 aromatic rings. The van der Waals surface area contributed by atoms with Crippen LogP contribution in [0.15, 0.2) is 36.5 Å². The van der Waals surface area contributed by atoms with Gasteiger partial charge in [0.15, 0.2) is 17.8 Å². The van der Waals surface area contributed by atoms with E-state index in [9.17, 15) is 19.5 Å². The molecule has 0 spiro atoms. The summed E-state index contributed by atoms with van der Waals surface area (Å²) < 4.78 is 25.0. The van der Waals surface area contributed by atoms with Crippen LogP contribution in [-0.2, 0) is 33.3 Å². The smallest absolute Gasteiger partial charge is 0.306 e. The summed E-state index contributed by atoms with van der Waals surface area (Å²) in [5.41, 5.74) is -1.43. The molecule has 0 radical (unpaired) electrons. The van der Waals surface area contributed by atoms with Crippen LogP contribution in [0.1, 0.15) is 329 Å². The van der Waals surface area contributed by atoms with E-state index < -0.39 is 30.5 Å². The molecule has 1 rings (SSSR count). The van der Waals surface area contributed by atoms with Crippen LogP contribution < -0.4 is 0 Å². The summed E-state index contributed by atoms with van der Waals surface area (Å²) in [5, 5.41) is 11.2. The van der Waals surface area contributed by atoms with E-state index in [4.69, 9.17) is 18.9 Å². The molecule has 1 fully saturated rings. The van der Waals surface area contributed by atoms with Gasteiger partial charge in [0, 0.05) is 19.3 Å². The maximum atomic E-state index is 13.7. The van der Waals surface area contributed by atoms with Gasteiger partial charge in [0.05, 0.1) is 13.2 Å². The third-order valence-electron chi connectivity index (χ3n) is 15.1. The number of hydrogen-bond donors (Lipinski definition) is 1. The van der Waals surface area contributed by atoms with Gasteiger partial charge in [-0.15, -0.1) is 0 Å². The lowest BCUT2D eigenvalue weighted by atomic mass is 9.86. The normalized spacial score (nSPS) is 16.7. The highest BCUT2D eigenvalue weighted by molar-refractivity contribution is 5.71. The van der Waals surface area contributed by atoms with E-state index in [1.165, 1.54) is 135 Å². The van der Waals surface area contributed by atoms with Gasteiger partial charge in [0.2, 0.25) is 0 Å². The zero-order chi connectivity index (χ0) is 53.7. The van der Waals surface area contributed by atoms with Crippen molar-refractivity contribution < 1.29 is 38.4 Å². The maximum absolute atomic E-state index is 13.7. The van der Waals surface area contributed by atoms with E-state index in [0.29, 0.717) is 25.7 Å². The van der Waals surface area contributed by atoms with Crippen LogP contribution in [0.2, 0.25) is 0 Å². The quantitative estimate of drug-likeness (QED) is 0.0278. The molecule has 4 atom stereocenters. The van der Waals surface area contributed by atoms with Gasteiger partial charge < -0.3 is 24.1 Å². The molecule has 432 valence electrons. The first-order valence-corrected chi connectivity index (χ1v) is 32.2. The van der Waals surface area contributed by atoms with Gasteiger partial charge in [0.1, 0.15) is 6.10 Å². The van der Waals surface area contributed by atoms with Gasteiger partial charge in [-0.2, -0.15) is 0 Å². The molecule has 0 amide bonds. The average molecular weight is 1040 g/mol. The van der Waals surface area contributed by atoms with Crippen LogP contribution in [0, 0.1) is 0 Å². The molecular weight excluding hydrogens is 921 g/mol. The number of carbonyl (C=O) groups excluding carboxylic acids is 3. The SMILES string of the molecule is CCCCCCCCC=CCCCCCCCC(=O)O[C@@H]1[C@@H](OC(=O)CCCCCCCC=CCCCCCCCC)CO[C@@H]1[C@](CO)(CCCCCC)OC(=O)CCCCCCCC=CCCCCCCCC. The number of unbranched alkanes of at least 4 members (excludes halogenated alkanes) is 36. The van der Waals surface area contributed by atoms with Crippen molar-refractivity contribution in [3.63, 3.8) is 0 Å². The molecule has 0 aromatic carbocycles. The summed E-state index contributed by atoms with van der Waals surface area (Å²) in [6.45, 7) is 8.47. The van der Waals surface area contributed by atoms with Crippen LogP contribution in [0.3, 0.4) is 0 Å². The Morgan fingerprint density at radius 1 is 0.405 bits per heavy atom. The second-order valence-corrected chi connectivity index (χ2v) is 22.2. The van der Waals surface area contributed by atoms with Crippen LogP contribution in [0.25, 0.3) is 0 Å². The molecule has 0 saturated carbocycles. The Hall–Kier alpha value is -2.45. The van der Waals surface area contributed by atoms with Crippen molar-refractivity contribution in [2.75, 3.05) is 13.2 Å². The summed E-state index contributed by atoms with van der Waals surface area (Å²) >= 11 is 0. The molecule has 1 heterocycles. The number of ether oxygens (including phenoxy) is 4. The first kappa shape index (κ1) is 69.6. The lowest BCUT2D eigenvalue weighted by Gasteiger charge is -2.39. The van der Waals surface area contributed by atoms with E-state index in [1.54, 1.807) is 0 Å². The van der Waals surface area contributed by atoms with Crippen LogP contribution >= 0.6 is 0 Å². The highest BCUT2D eigenvalue weighted by Crippen LogP contribution is 2.36. The van der Waals surface area contributed by atoms with Gasteiger partial charge >= 0.3 is 17.9 Å². The highest BCUT2D eigenvalue weighted by atomic mass is 16.7. The van der Waals surface area contributed by atoms with Crippen molar-refractivity contribution in [3.8, 4) is 0 Å². The Labute approximate surface area is 457 Å². The third kappa shape index (κ3) is 39.9. The van der Waals surface area contributed by atoms with Gasteiger partial charge in [-0.05, 0) is 109 Å². The van der Waals surface area contributed by atoms with Crippen molar-refractivity contribution in [1.82, 2.24) is 0 Å². The fourth-order valence-corrected chi connectivity index (χ4v) is 10.3. The predicted octanol–water partition coefficient (Wildman–Crippen LogP) is 19.6. The molecule has 0 aromatic heterocycles. The molecule has 1 aliphatic heterocycles. The van der Waals surface area contributed by atoms with Crippen LogP contribution in [0.4, 0.5) is 0 Å². The molecule has 1 saturated heterocycles. The monoisotopic (exact) mass is 1040 g/mol. The molecule has 8 nitrogen and oxygen atoms in total. The zero-order valence-corrected chi connectivity index (χ0v) is 49.1. The highest BCUT2D eigenvalue weighted by Gasteiger charge is 2.55. The summed E-state index contributed by atoms with van der Waals surface area (Å²) in [4.78, 5) is 40.7. The molecular formula is C66H120O8. The number of hydrogen-bond acceptors (Lipinski definition) is 8. The van der Waals surface area contributed by atoms with E-state index in [-0.39, 0.29) is 43.8 Å². The Balaban J connectivity index is 2.81. The number of aliphatic hydroxyl groups is 1. The van der Waals surface area contributed by atoms with Gasteiger partial charge in [0.25, 0.3) is 0 Å². The molecule has 0 unspecified atom stereocenters. The van der Waals surface area contributed by atoms with Gasteiger partial charge in [-0.25, -0.2) is 0 Å². The molecule has 1 N–H and O–H groups in total. The Morgan fingerprint density at radius 2 is 0.703 bits per heavy atom. The van der Waals surface area contributed by atoms with Crippen molar-refractivity contribution in [2.45, 2.75) is 353 Å². The standard InChI is InChI=1S/C66H120O8/c1-5-9-13-17-20-23-26-29-32-35-38-41-44-47-50-54-61(68)72-60-58-71-65(64(60)73-62(69)55-51-48-45-42-39-36-33-30-27-24-21-18-14-10-6-2)66(59-67,57-53-16-12-8-4)74-63(70)56-52-49-46-43-40-37-34-31-28-25-22-19-15-11-7-3/h29-34,60,64-65,67H,5-28,35-59H2,1-4H3/t60-,64+,65-,66+/m0/s1. The summed E-state index contributed by atoms with van der Waals surface area (Å²) in [5.74, 6) is -1.09. The number of aliphatic hydroxyl groups excluding tert-OH is 1. The Bertz CT molecular complexity index is 1360. The molecule has 74 heavy (non-hydrogen) atoms. The second-order valence-electron chi connectivity index (χ2n) is 22.2. The number of rotatable bonds is 55. The zero-order valence-electron chi connectivity index (χ0n) is 49.1. The predicted molar refractivity (Wildman–Crippen MR) is 313 cm³/mol. The Kier molecular flexibility index (Phi) is 49.4. The minimum absolute atomic E-state index is 0.0105. The molecule has 1 aliphatic rings. The molecule has 0 bridgehead atoms. The topological polar surface area (TPSA) is 108 Å². The lowest BCUT2D eigenvalue weighted by Crippen LogP contribution is -2.56. The average Bonchev–Trinajstić information content (AvgIpc) is 3.79. The van der Waals surface area contributed by atoms with Crippen LogP contribution in [-0.4, -0.2) is 60.1 Å². The van der Waals surface area contributed by atoms with Gasteiger partial charge in [-0.3, -0.25) is 14.4 Å². The van der Waals surface area contributed by atoms with E-state index >= 15 is 0 Å². The minimum Gasteiger partial charge on any atom is -0.456 e. The Morgan fingerprint density at radius 3 is 1.05 bits per heavy atom. The van der Waals surface area contributed by atoms with Crippen molar-refractivity contribution >= 4 is 17.9 Å². The maximum Gasteiger partial charge on any atom is 0.306 e. The van der Waals surface area contributed by atoms with E-state index in [2.05, 4.69) is 64.2 Å². The van der Waals surface area contributed by atoms with Crippen LogP contribution in [0.5, 0.6) is 0 Å². The first-order valence-electron chi connectivity index (χ1n) is 32.2. The largest absolute Gasteiger partial charge is 0.456 e. The third-order valence-corrected chi connectivity index (χ3v) is 15.1. The van der Waals surface area contributed by atoms with E-state index in [0.717, 1.165) is 122 Å². The van der Waals surface area contributed by atoms with Crippen molar-refractivity contribution in [3.05, 3.63) is 36.5 Å². The molecule has 0 aliphatic carbocycles. The number of carbonyl (C=O) groups is 3. The van der Waals surface area contributed by atoms with Crippen molar-refractivity contribution in [2.24, 2.45) is 0 Å². The summed E-state index contributed by atoms with van der Waals surface area (Å²) in [6.07, 6.45) is 61.9. The number of allylic oxidation sites excluding steroid dienone is 6. The van der Waals surface area contributed by atoms with Gasteiger partial charge in [-0.1, -0.05) is 238 Å². The molecule has 8 heteroatoms. The number of esters is 3. The minimum atomic E-state index is -1.43. The fourth-order valence-electron chi connectivity index (χ4n) is 10.3. The lowest BCUT2D eigenvalue weighted by molar-refractivity contribution is -0.200. The van der Waals surface area contributed by atoms with Crippen molar-refractivity contribution in [1.29, 1.82) is 0 Å². The first-order chi connectivity index (χ1) is 36.4. The fraction of sp³-hybridized carbons (Fsp3) is 0.864. The summed E-state index contributed by atoms with van der Waals surface area (Å²) in [6, 6.07) is 0.